The highest BCUT2D eigenvalue weighted by Crippen LogP contribution is 2.35. The molecule has 148 valence electrons. The number of nitrogens with zero attached hydrogens (tertiary/aromatic N) is 1. The van der Waals surface area contributed by atoms with Crippen LogP contribution in [0.3, 0.4) is 0 Å². The zero-order chi connectivity index (χ0) is 21.1. The van der Waals surface area contributed by atoms with Gasteiger partial charge in [0.1, 0.15) is 0 Å². The van der Waals surface area contributed by atoms with E-state index in [1.54, 1.807) is 61.5 Å². The number of hydrogen-bond acceptors (Lipinski definition) is 5. The zero-order valence-electron chi connectivity index (χ0n) is 16.1. The molecule has 0 aromatic heterocycles. The average molecular weight is 412 g/mol. The highest BCUT2D eigenvalue weighted by atomic mass is 35.5. The molecule has 0 aliphatic carbocycles. The van der Waals surface area contributed by atoms with Crippen LogP contribution in [-0.2, 0) is 19.1 Å². The maximum atomic E-state index is 13.2. The number of carbonyl (C=O) groups is 3. The van der Waals surface area contributed by atoms with Gasteiger partial charge in [0.15, 0.2) is 0 Å². The Morgan fingerprint density at radius 3 is 2.07 bits per heavy atom. The molecule has 1 heterocycles. The number of esters is 2. The molecule has 0 unspecified atom stereocenters. The van der Waals surface area contributed by atoms with Gasteiger partial charge in [0.25, 0.3) is 5.91 Å². The van der Waals surface area contributed by atoms with Crippen LogP contribution in [0.5, 0.6) is 0 Å². The van der Waals surface area contributed by atoms with E-state index in [1.807, 2.05) is 0 Å². The summed E-state index contributed by atoms with van der Waals surface area (Å²) in [6.07, 6.45) is 1.62. The largest absolute Gasteiger partial charge is 0.465 e. The van der Waals surface area contributed by atoms with Crippen molar-refractivity contribution in [2.24, 2.45) is 0 Å². The van der Waals surface area contributed by atoms with Crippen molar-refractivity contribution in [2.45, 2.75) is 6.92 Å². The number of rotatable bonds is 4. The van der Waals surface area contributed by atoms with E-state index in [0.29, 0.717) is 22.0 Å². The number of methoxy groups -OCH3 is 2. The van der Waals surface area contributed by atoms with Crippen molar-refractivity contribution in [3.63, 3.8) is 0 Å². The van der Waals surface area contributed by atoms with Crippen molar-refractivity contribution in [1.29, 1.82) is 0 Å². The Hall–Kier alpha value is -3.38. The van der Waals surface area contributed by atoms with Gasteiger partial charge in [-0.1, -0.05) is 23.7 Å². The lowest BCUT2D eigenvalue weighted by atomic mass is 10.0. The topological polar surface area (TPSA) is 72.9 Å². The Morgan fingerprint density at radius 2 is 1.52 bits per heavy atom. The van der Waals surface area contributed by atoms with E-state index >= 15 is 0 Å². The summed E-state index contributed by atoms with van der Waals surface area (Å²) in [4.78, 5) is 38.6. The van der Waals surface area contributed by atoms with Gasteiger partial charge in [0.05, 0.1) is 30.9 Å². The first-order chi connectivity index (χ1) is 13.9. The van der Waals surface area contributed by atoms with Crippen LogP contribution < -0.4 is 4.90 Å². The maximum absolute atomic E-state index is 13.2. The number of anilines is 1. The van der Waals surface area contributed by atoms with Crippen molar-refractivity contribution in [2.75, 3.05) is 19.1 Å². The van der Waals surface area contributed by atoms with Crippen LogP contribution in [0.1, 0.15) is 22.8 Å². The van der Waals surface area contributed by atoms with E-state index in [1.165, 1.54) is 19.1 Å². The van der Waals surface area contributed by atoms with E-state index in [-0.39, 0.29) is 17.1 Å². The highest BCUT2D eigenvalue weighted by Gasteiger charge is 2.37. The minimum absolute atomic E-state index is 0.185. The lowest BCUT2D eigenvalue weighted by Crippen LogP contribution is -2.24. The molecular weight excluding hydrogens is 394 g/mol. The van der Waals surface area contributed by atoms with E-state index in [0.717, 1.165) is 5.56 Å². The number of ether oxygens (including phenoxy) is 2. The second kappa shape index (κ2) is 8.32. The van der Waals surface area contributed by atoms with Crippen LogP contribution >= 0.6 is 11.6 Å². The Kier molecular flexibility index (Phi) is 5.84. The molecular formula is C22H18ClNO5. The molecule has 1 aliphatic heterocycles. The predicted octanol–water partition coefficient (Wildman–Crippen LogP) is 4.00. The Bertz CT molecular complexity index is 1040. The molecule has 0 N–H and O–H groups in total. The van der Waals surface area contributed by atoms with Gasteiger partial charge in [-0.25, -0.2) is 9.59 Å². The summed E-state index contributed by atoms with van der Waals surface area (Å²) in [5.74, 6) is -1.46. The quantitative estimate of drug-likeness (QED) is 0.561. The van der Waals surface area contributed by atoms with Gasteiger partial charge < -0.3 is 9.47 Å². The van der Waals surface area contributed by atoms with Crippen LogP contribution in [0.2, 0.25) is 5.02 Å². The minimum Gasteiger partial charge on any atom is -0.465 e. The third kappa shape index (κ3) is 3.93. The molecule has 0 saturated carbocycles. The van der Waals surface area contributed by atoms with Crippen LogP contribution in [0, 0.1) is 0 Å². The van der Waals surface area contributed by atoms with Crippen LogP contribution in [-0.4, -0.2) is 32.1 Å². The third-order valence-electron chi connectivity index (χ3n) is 4.52. The van der Waals surface area contributed by atoms with E-state index in [4.69, 9.17) is 21.1 Å². The van der Waals surface area contributed by atoms with Gasteiger partial charge in [-0.2, -0.15) is 0 Å². The molecule has 3 rings (SSSR count). The normalized spacial score (nSPS) is 15.1. The summed E-state index contributed by atoms with van der Waals surface area (Å²) < 4.78 is 9.58. The lowest BCUT2D eigenvalue weighted by Gasteiger charge is -2.18. The van der Waals surface area contributed by atoms with Crippen molar-refractivity contribution in [3.05, 3.63) is 81.5 Å². The third-order valence-corrected chi connectivity index (χ3v) is 4.77. The first-order valence-electron chi connectivity index (χ1n) is 8.67. The highest BCUT2D eigenvalue weighted by molar-refractivity contribution is 6.30. The first kappa shape index (κ1) is 20.4. The van der Waals surface area contributed by atoms with Gasteiger partial charge in [-0.3, -0.25) is 9.69 Å². The molecule has 1 amide bonds. The van der Waals surface area contributed by atoms with Gasteiger partial charge in [-0.05, 0) is 55.0 Å². The fraction of sp³-hybridized carbons (Fsp3) is 0.136. The van der Waals surface area contributed by atoms with Crippen LogP contribution in [0.4, 0.5) is 5.69 Å². The standard InChI is InChI=1S/C22H18ClNO5/c1-13-19(22(27)29-3)18(12-14-4-8-16(23)9-5-14)20(25)24(13)17-10-6-15(7-11-17)21(26)28-2/h4-12H,1-3H3. The summed E-state index contributed by atoms with van der Waals surface area (Å²) in [5.41, 5.74) is 2.43. The monoisotopic (exact) mass is 411 g/mol. The number of amides is 1. The summed E-state index contributed by atoms with van der Waals surface area (Å²) in [5, 5.41) is 0.567. The van der Waals surface area contributed by atoms with Crippen molar-refractivity contribution >= 4 is 41.2 Å². The number of carbonyl (C=O) groups excluding carboxylic acids is 3. The molecule has 0 saturated heterocycles. The average Bonchev–Trinajstić information content (AvgIpc) is 2.98. The van der Waals surface area contributed by atoms with Gasteiger partial charge in [-0.15, -0.1) is 0 Å². The predicted molar refractivity (Wildman–Crippen MR) is 109 cm³/mol. The van der Waals surface area contributed by atoms with E-state index in [2.05, 4.69) is 0 Å². The summed E-state index contributed by atoms with van der Waals surface area (Å²) in [7, 11) is 2.56. The van der Waals surface area contributed by atoms with Crippen LogP contribution in [0.25, 0.3) is 6.08 Å². The number of hydrogen-bond donors (Lipinski definition) is 0. The minimum atomic E-state index is -0.607. The maximum Gasteiger partial charge on any atom is 0.340 e. The number of allylic oxidation sites excluding steroid dienone is 1. The molecule has 6 nitrogen and oxygen atoms in total. The molecule has 29 heavy (non-hydrogen) atoms. The molecule has 0 spiro atoms. The second-order valence-corrected chi connectivity index (χ2v) is 6.68. The van der Waals surface area contributed by atoms with E-state index in [9.17, 15) is 14.4 Å². The Labute approximate surface area is 173 Å². The van der Waals surface area contributed by atoms with Crippen molar-refractivity contribution in [3.8, 4) is 0 Å². The van der Waals surface area contributed by atoms with Crippen molar-refractivity contribution in [1.82, 2.24) is 0 Å². The first-order valence-corrected chi connectivity index (χ1v) is 9.04. The van der Waals surface area contributed by atoms with Gasteiger partial charge in [0.2, 0.25) is 0 Å². The van der Waals surface area contributed by atoms with Gasteiger partial charge >= 0.3 is 11.9 Å². The smallest absolute Gasteiger partial charge is 0.340 e. The van der Waals surface area contributed by atoms with Gasteiger partial charge in [0, 0.05) is 16.4 Å². The fourth-order valence-electron chi connectivity index (χ4n) is 3.08. The molecule has 0 fully saturated rings. The lowest BCUT2D eigenvalue weighted by molar-refractivity contribution is -0.136. The molecule has 7 heteroatoms. The molecule has 2 aromatic carbocycles. The number of benzene rings is 2. The molecule has 0 radical (unpaired) electrons. The summed E-state index contributed by atoms with van der Waals surface area (Å²) in [6.45, 7) is 1.67. The molecule has 2 aromatic rings. The molecule has 1 aliphatic rings. The Balaban J connectivity index is 2.06. The Morgan fingerprint density at radius 1 is 0.931 bits per heavy atom. The summed E-state index contributed by atoms with van der Waals surface area (Å²) >= 11 is 5.92. The van der Waals surface area contributed by atoms with Crippen LogP contribution in [0.15, 0.2) is 65.4 Å². The molecule has 0 atom stereocenters. The number of halogens is 1. The second-order valence-electron chi connectivity index (χ2n) is 6.24. The van der Waals surface area contributed by atoms with Crippen molar-refractivity contribution < 1.29 is 23.9 Å². The zero-order valence-corrected chi connectivity index (χ0v) is 16.8. The van der Waals surface area contributed by atoms with E-state index < -0.39 is 11.9 Å². The summed E-state index contributed by atoms with van der Waals surface area (Å²) in [6, 6.07) is 13.2. The fourth-order valence-corrected chi connectivity index (χ4v) is 3.21. The molecule has 0 bridgehead atoms. The SMILES string of the molecule is COC(=O)C1=C(C)N(c2ccc(C(=O)OC)cc2)C(=O)C1=Cc1ccc(Cl)cc1.